The lowest BCUT2D eigenvalue weighted by molar-refractivity contribution is 0.344. The van der Waals surface area contributed by atoms with Crippen molar-refractivity contribution in [3.63, 3.8) is 0 Å². The summed E-state index contributed by atoms with van der Waals surface area (Å²) in [6.45, 7) is 4.65. The quantitative estimate of drug-likeness (QED) is 0.918. The summed E-state index contributed by atoms with van der Waals surface area (Å²) in [6.07, 6.45) is 1.32. The predicted molar refractivity (Wildman–Crippen MR) is 79.7 cm³/mol. The molecule has 0 amide bonds. The van der Waals surface area contributed by atoms with Crippen LogP contribution in [0.25, 0.3) is 0 Å². The Balaban J connectivity index is 2.14. The molecule has 1 aliphatic rings. The van der Waals surface area contributed by atoms with Crippen molar-refractivity contribution in [2.75, 3.05) is 6.61 Å². The van der Waals surface area contributed by atoms with E-state index in [1.807, 2.05) is 19.9 Å². The highest BCUT2D eigenvalue weighted by atomic mass is 16.5. The summed E-state index contributed by atoms with van der Waals surface area (Å²) >= 11 is 0. The highest BCUT2D eigenvalue weighted by Crippen LogP contribution is 2.28. The topological polar surface area (TPSA) is 65.9 Å². The van der Waals surface area contributed by atoms with Crippen LogP contribution in [0.3, 0.4) is 0 Å². The van der Waals surface area contributed by atoms with E-state index >= 15 is 0 Å². The van der Waals surface area contributed by atoms with E-state index < -0.39 is 0 Å². The average molecular weight is 280 g/mol. The number of nitriles is 1. The Bertz CT molecular complexity index is 793. The van der Waals surface area contributed by atoms with Gasteiger partial charge in [0.2, 0.25) is 0 Å². The van der Waals surface area contributed by atoms with E-state index in [-0.39, 0.29) is 11.1 Å². The van der Waals surface area contributed by atoms with Crippen molar-refractivity contribution in [2.24, 2.45) is 0 Å². The normalized spacial score (nSPS) is 12.6. The summed E-state index contributed by atoms with van der Waals surface area (Å²) in [5.41, 5.74) is 5.09. The molecular weight excluding hydrogens is 264 g/mol. The van der Waals surface area contributed by atoms with Gasteiger partial charge in [0, 0.05) is 12.0 Å². The van der Waals surface area contributed by atoms with E-state index in [4.69, 9.17) is 4.74 Å². The van der Waals surface area contributed by atoms with Crippen molar-refractivity contribution < 1.29 is 4.74 Å². The van der Waals surface area contributed by atoms with E-state index in [2.05, 4.69) is 23.2 Å². The average Bonchev–Trinajstić information content (AvgIpc) is 2.85. The first-order valence-electron chi connectivity index (χ1n) is 6.96. The Hall–Kier alpha value is -2.54. The molecular formula is C17H16N2O2. The van der Waals surface area contributed by atoms with Crippen LogP contribution in [-0.2, 0) is 12.8 Å². The van der Waals surface area contributed by atoms with Crippen LogP contribution in [-0.4, -0.2) is 11.6 Å². The molecule has 0 spiro atoms. The molecule has 106 valence electrons. The largest absolute Gasteiger partial charge is 0.478 e. The summed E-state index contributed by atoms with van der Waals surface area (Å²) in [7, 11) is 0. The number of aryl methyl sites for hydroxylation is 2. The Kier molecular flexibility index (Phi) is 3.26. The maximum Gasteiger partial charge on any atom is 0.268 e. The number of nitrogens with one attached hydrogen (secondary N) is 1. The molecule has 2 heterocycles. The number of ether oxygens (including phenoxy) is 1. The SMILES string of the molecule is Cc1cc(C)cc(Cc2c3c([nH]c(=O)c2C#N)OCC3)c1. The molecule has 0 aliphatic carbocycles. The number of hydrogen-bond donors (Lipinski definition) is 1. The molecule has 1 aliphatic heterocycles. The standard InChI is InChI=1S/C17H16N2O2/c1-10-5-11(2)7-12(6-10)8-14-13-3-4-21-17(13)19-16(20)15(14)9-18/h5-7H,3-4,8H2,1-2H3,(H,19,20). The van der Waals surface area contributed by atoms with Crippen molar-refractivity contribution in [1.82, 2.24) is 4.98 Å². The number of H-pyrrole nitrogens is 1. The predicted octanol–water partition coefficient (Wildman–Crippen LogP) is 2.39. The number of aromatic nitrogens is 1. The molecule has 21 heavy (non-hydrogen) atoms. The van der Waals surface area contributed by atoms with Gasteiger partial charge in [0.25, 0.3) is 5.56 Å². The number of nitrogens with zero attached hydrogens (tertiary/aromatic N) is 1. The van der Waals surface area contributed by atoms with Gasteiger partial charge in [-0.15, -0.1) is 0 Å². The van der Waals surface area contributed by atoms with Gasteiger partial charge >= 0.3 is 0 Å². The molecule has 1 aromatic carbocycles. The zero-order valence-corrected chi connectivity index (χ0v) is 12.1. The van der Waals surface area contributed by atoms with Crippen molar-refractivity contribution in [1.29, 1.82) is 5.26 Å². The number of pyridine rings is 1. The zero-order chi connectivity index (χ0) is 15.0. The second-order valence-electron chi connectivity index (χ2n) is 5.50. The van der Waals surface area contributed by atoms with Gasteiger partial charge in [0.1, 0.15) is 11.6 Å². The van der Waals surface area contributed by atoms with Gasteiger partial charge < -0.3 is 4.74 Å². The summed E-state index contributed by atoms with van der Waals surface area (Å²) in [5.74, 6) is 0.526. The van der Waals surface area contributed by atoms with Gasteiger partial charge in [-0.3, -0.25) is 9.78 Å². The fourth-order valence-electron chi connectivity index (χ4n) is 3.00. The van der Waals surface area contributed by atoms with Crippen LogP contribution >= 0.6 is 0 Å². The second-order valence-corrected chi connectivity index (χ2v) is 5.50. The molecule has 0 saturated heterocycles. The molecule has 0 radical (unpaired) electrons. The molecule has 4 heteroatoms. The fourth-order valence-corrected chi connectivity index (χ4v) is 3.00. The van der Waals surface area contributed by atoms with Gasteiger partial charge in [0.15, 0.2) is 5.88 Å². The molecule has 2 aromatic rings. The molecule has 0 unspecified atom stereocenters. The molecule has 0 fully saturated rings. The van der Waals surface area contributed by atoms with Crippen LogP contribution in [0, 0.1) is 25.2 Å². The van der Waals surface area contributed by atoms with Gasteiger partial charge in [-0.1, -0.05) is 29.3 Å². The molecule has 1 N–H and O–H groups in total. The molecule has 4 nitrogen and oxygen atoms in total. The van der Waals surface area contributed by atoms with Crippen LogP contribution in [0.5, 0.6) is 5.88 Å². The number of fused-ring (bicyclic) bond motifs is 1. The first-order valence-corrected chi connectivity index (χ1v) is 6.96. The number of benzene rings is 1. The third-order valence-corrected chi connectivity index (χ3v) is 3.77. The molecule has 3 rings (SSSR count). The second kappa shape index (κ2) is 5.10. The van der Waals surface area contributed by atoms with Crippen LogP contribution in [0.2, 0.25) is 0 Å². The summed E-state index contributed by atoms with van der Waals surface area (Å²) in [6, 6.07) is 8.34. The maximum absolute atomic E-state index is 12.0. The Morgan fingerprint density at radius 3 is 2.67 bits per heavy atom. The molecule has 0 saturated carbocycles. The van der Waals surface area contributed by atoms with E-state index in [1.165, 1.54) is 11.1 Å². The van der Waals surface area contributed by atoms with Crippen LogP contribution in [0.1, 0.15) is 33.4 Å². The fraction of sp³-hybridized carbons (Fsp3) is 0.294. The van der Waals surface area contributed by atoms with E-state index in [1.54, 1.807) is 0 Å². The lowest BCUT2D eigenvalue weighted by atomic mass is 9.94. The third-order valence-electron chi connectivity index (χ3n) is 3.77. The minimum Gasteiger partial charge on any atom is -0.478 e. The van der Waals surface area contributed by atoms with Crippen molar-refractivity contribution in [3.8, 4) is 11.9 Å². The van der Waals surface area contributed by atoms with Crippen molar-refractivity contribution in [3.05, 3.63) is 61.9 Å². The van der Waals surface area contributed by atoms with E-state index in [0.29, 0.717) is 18.9 Å². The molecule has 0 bridgehead atoms. The smallest absolute Gasteiger partial charge is 0.268 e. The number of hydrogen-bond acceptors (Lipinski definition) is 3. The first kappa shape index (κ1) is 13.4. The minimum absolute atomic E-state index is 0.207. The molecule has 1 aromatic heterocycles. The number of aromatic amines is 1. The van der Waals surface area contributed by atoms with Crippen LogP contribution in [0.15, 0.2) is 23.0 Å². The van der Waals surface area contributed by atoms with Gasteiger partial charge in [0.05, 0.1) is 6.61 Å². The van der Waals surface area contributed by atoms with Gasteiger partial charge in [-0.05, 0) is 31.4 Å². The summed E-state index contributed by atoms with van der Waals surface area (Å²) in [5, 5.41) is 9.31. The van der Waals surface area contributed by atoms with Crippen molar-refractivity contribution >= 4 is 0 Å². The summed E-state index contributed by atoms with van der Waals surface area (Å²) in [4.78, 5) is 14.7. The summed E-state index contributed by atoms with van der Waals surface area (Å²) < 4.78 is 5.44. The highest BCUT2D eigenvalue weighted by molar-refractivity contribution is 5.49. The zero-order valence-electron chi connectivity index (χ0n) is 12.1. The third kappa shape index (κ3) is 2.43. The van der Waals surface area contributed by atoms with Crippen LogP contribution < -0.4 is 10.3 Å². The lowest BCUT2D eigenvalue weighted by Gasteiger charge is -2.10. The lowest BCUT2D eigenvalue weighted by Crippen LogP contribution is -2.15. The van der Waals surface area contributed by atoms with Crippen LogP contribution in [0.4, 0.5) is 0 Å². The molecule has 0 atom stereocenters. The van der Waals surface area contributed by atoms with Gasteiger partial charge in [-0.2, -0.15) is 5.26 Å². The Morgan fingerprint density at radius 2 is 2.00 bits per heavy atom. The van der Waals surface area contributed by atoms with Crippen molar-refractivity contribution in [2.45, 2.75) is 26.7 Å². The maximum atomic E-state index is 12.0. The Labute approximate surface area is 123 Å². The monoisotopic (exact) mass is 280 g/mol. The minimum atomic E-state index is -0.363. The number of rotatable bonds is 2. The van der Waals surface area contributed by atoms with E-state index in [9.17, 15) is 10.1 Å². The van der Waals surface area contributed by atoms with E-state index in [0.717, 1.165) is 23.1 Å². The highest BCUT2D eigenvalue weighted by Gasteiger charge is 2.22. The Morgan fingerprint density at radius 1 is 1.29 bits per heavy atom. The van der Waals surface area contributed by atoms with Gasteiger partial charge in [-0.25, -0.2) is 0 Å². The first-order chi connectivity index (χ1) is 10.1.